The number of hydrogen-bond donors (Lipinski definition) is 0. The molecule has 0 radical (unpaired) electrons. The largest absolute Gasteiger partial charge is 0.457 e. The standard InChI is InChI=1S/C25H23NO4S/c27-25(18-6-9-21(10-7-18)30-20-4-2-1-3-5-20)26-13-12-24(31-15-14-26)19-8-11-22-23(16-19)29-17-28-22/h1-11,16,24H,12-15,17H2. The summed E-state index contributed by atoms with van der Waals surface area (Å²) in [4.78, 5) is 15.0. The van der Waals surface area contributed by atoms with E-state index in [4.69, 9.17) is 14.2 Å². The Labute approximate surface area is 185 Å². The molecular formula is C25H23NO4S. The van der Waals surface area contributed by atoms with E-state index in [0.717, 1.165) is 48.3 Å². The van der Waals surface area contributed by atoms with Gasteiger partial charge in [0.25, 0.3) is 5.91 Å². The molecule has 1 amide bonds. The number of carbonyl (C=O) groups is 1. The number of ether oxygens (including phenoxy) is 3. The number of rotatable bonds is 4. The summed E-state index contributed by atoms with van der Waals surface area (Å²) in [7, 11) is 0. The van der Waals surface area contributed by atoms with Gasteiger partial charge in [-0.15, -0.1) is 0 Å². The molecule has 1 atom stereocenters. The molecule has 1 unspecified atom stereocenters. The maximum atomic E-state index is 13.1. The highest BCUT2D eigenvalue weighted by molar-refractivity contribution is 7.99. The van der Waals surface area contributed by atoms with Gasteiger partial charge in [-0.1, -0.05) is 24.3 Å². The number of para-hydroxylation sites is 1. The average Bonchev–Trinajstić information content (AvgIpc) is 3.15. The first-order valence-electron chi connectivity index (χ1n) is 10.4. The molecule has 5 nitrogen and oxygen atoms in total. The lowest BCUT2D eigenvalue weighted by Crippen LogP contribution is -2.32. The summed E-state index contributed by atoms with van der Waals surface area (Å²) in [6, 6.07) is 23.2. The number of amides is 1. The van der Waals surface area contributed by atoms with Gasteiger partial charge in [0.2, 0.25) is 6.79 Å². The van der Waals surface area contributed by atoms with Gasteiger partial charge < -0.3 is 19.1 Å². The van der Waals surface area contributed by atoms with Crippen LogP contribution in [0.25, 0.3) is 0 Å². The quantitative estimate of drug-likeness (QED) is 0.542. The predicted molar refractivity (Wildman–Crippen MR) is 121 cm³/mol. The molecule has 2 aliphatic heterocycles. The van der Waals surface area contributed by atoms with E-state index in [-0.39, 0.29) is 12.7 Å². The van der Waals surface area contributed by atoms with Gasteiger partial charge in [-0.25, -0.2) is 0 Å². The molecule has 0 spiro atoms. The maximum Gasteiger partial charge on any atom is 0.253 e. The second-order valence-corrected chi connectivity index (χ2v) is 8.80. The molecule has 3 aromatic rings. The number of fused-ring (bicyclic) bond motifs is 1. The smallest absolute Gasteiger partial charge is 0.253 e. The van der Waals surface area contributed by atoms with Crippen molar-refractivity contribution in [2.45, 2.75) is 11.7 Å². The number of nitrogens with zero attached hydrogens (tertiary/aromatic N) is 1. The molecule has 158 valence electrons. The van der Waals surface area contributed by atoms with Gasteiger partial charge in [-0.05, 0) is 60.5 Å². The normalized spacial score (nSPS) is 17.8. The van der Waals surface area contributed by atoms with Crippen molar-refractivity contribution >= 4 is 17.7 Å². The van der Waals surface area contributed by atoms with E-state index in [0.29, 0.717) is 10.8 Å². The lowest BCUT2D eigenvalue weighted by Gasteiger charge is -2.20. The zero-order valence-corrected chi connectivity index (χ0v) is 17.8. The van der Waals surface area contributed by atoms with Crippen LogP contribution in [0.4, 0.5) is 0 Å². The summed E-state index contributed by atoms with van der Waals surface area (Å²) in [5, 5.41) is 0.342. The van der Waals surface area contributed by atoms with Crippen molar-refractivity contribution in [3.8, 4) is 23.0 Å². The predicted octanol–water partition coefficient (Wildman–Crippen LogP) is 5.53. The highest BCUT2D eigenvalue weighted by Gasteiger charge is 2.24. The van der Waals surface area contributed by atoms with Crippen LogP contribution in [0.3, 0.4) is 0 Å². The first-order valence-corrected chi connectivity index (χ1v) is 11.4. The van der Waals surface area contributed by atoms with Crippen LogP contribution in [-0.2, 0) is 0 Å². The van der Waals surface area contributed by atoms with Crippen molar-refractivity contribution in [2.75, 3.05) is 25.6 Å². The topological polar surface area (TPSA) is 48.0 Å². The number of thioether (sulfide) groups is 1. The lowest BCUT2D eigenvalue weighted by atomic mass is 10.1. The molecule has 0 aromatic heterocycles. The van der Waals surface area contributed by atoms with Crippen LogP contribution in [0.15, 0.2) is 72.8 Å². The zero-order valence-electron chi connectivity index (χ0n) is 17.0. The van der Waals surface area contributed by atoms with E-state index in [2.05, 4.69) is 12.1 Å². The number of carbonyl (C=O) groups excluding carboxylic acids is 1. The summed E-state index contributed by atoms with van der Waals surface area (Å²) < 4.78 is 16.8. The van der Waals surface area contributed by atoms with E-state index >= 15 is 0 Å². The second kappa shape index (κ2) is 8.94. The Bertz CT molecular complexity index is 1050. The molecule has 2 aliphatic rings. The molecule has 1 saturated heterocycles. The summed E-state index contributed by atoms with van der Waals surface area (Å²) >= 11 is 1.89. The molecule has 0 aliphatic carbocycles. The Morgan fingerprint density at radius 1 is 0.903 bits per heavy atom. The van der Waals surface area contributed by atoms with Crippen LogP contribution in [0.5, 0.6) is 23.0 Å². The van der Waals surface area contributed by atoms with Crippen molar-refractivity contribution in [1.29, 1.82) is 0 Å². The van der Waals surface area contributed by atoms with E-state index in [1.165, 1.54) is 5.56 Å². The lowest BCUT2D eigenvalue weighted by molar-refractivity contribution is 0.0766. The Kier molecular flexibility index (Phi) is 5.71. The highest BCUT2D eigenvalue weighted by atomic mass is 32.2. The van der Waals surface area contributed by atoms with E-state index < -0.39 is 0 Å². The fourth-order valence-electron chi connectivity index (χ4n) is 3.83. The van der Waals surface area contributed by atoms with Gasteiger partial charge in [0.05, 0.1) is 0 Å². The van der Waals surface area contributed by atoms with Gasteiger partial charge in [0.1, 0.15) is 11.5 Å². The third-order valence-electron chi connectivity index (χ3n) is 5.48. The minimum atomic E-state index is 0.0678. The van der Waals surface area contributed by atoms with Gasteiger partial charge in [0, 0.05) is 29.7 Å². The van der Waals surface area contributed by atoms with E-state index in [1.807, 2.05) is 77.3 Å². The molecular weight excluding hydrogens is 410 g/mol. The Balaban J connectivity index is 1.22. The Morgan fingerprint density at radius 2 is 1.68 bits per heavy atom. The average molecular weight is 434 g/mol. The molecule has 31 heavy (non-hydrogen) atoms. The summed E-state index contributed by atoms with van der Waals surface area (Å²) in [5.41, 5.74) is 1.91. The van der Waals surface area contributed by atoms with Crippen LogP contribution >= 0.6 is 11.8 Å². The third-order valence-corrected chi connectivity index (χ3v) is 6.81. The second-order valence-electron chi connectivity index (χ2n) is 7.49. The van der Waals surface area contributed by atoms with Crippen LogP contribution < -0.4 is 14.2 Å². The van der Waals surface area contributed by atoms with Crippen LogP contribution in [0.2, 0.25) is 0 Å². The zero-order chi connectivity index (χ0) is 21.0. The van der Waals surface area contributed by atoms with Crippen molar-refractivity contribution in [3.05, 3.63) is 83.9 Å². The summed E-state index contributed by atoms with van der Waals surface area (Å²) in [6.07, 6.45) is 0.908. The fraction of sp³-hybridized carbons (Fsp3) is 0.240. The molecule has 0 N–H and O–H groups in total. The number of benzene rings is 3. The summed E-state index contributed by atoms with van der Waals surface area (Å²) in [6.45, 7) is 1.76. The minimum Gasteiger partial charge on any atom is -0.457 e. The number of hydrogen-bond acceptors (Lipinski definition) is 5. The van der Waals surface area contributed by atoms with Crippen LogP contribution in [0, 0.1) is 0 Å². The first-order chi connectivity index (χ1) is 15.3. The molecule has 0 bridgehead atoms. The van der Waals surface area contributed by atoms with E-state index in [1.54, 1.807) is 0 Å². The molecule has 5 rings (SSSR count). The fourth-order valence-corrected chi connectivity index (χ4v) is 5.05. The van der Waals surface area contributed by atoms with Gasteiger partial charge in [-0.3, -0.25) is 4.79 Å². The molecule has 0 saturated carbocycles. The SMILES string of the molecule is O=C(c1ccc(Oc2ccccc2)cc1)N1CCSC(c2ccc3c(c2)OCO3)CC1. The molecule has 2 heterocycles. The van der Waals surface area contributed by atoms with E-state index in [9.17, 15) is 4.79 Å². The van der Waals surface area contributed by atoms with Crippen molar-refractivity contribution < 1.29 is 19.0 Å². The van der Waals surface area contributed by atoms with Crippen molar-refractivity contribution in [2.24, 2.45) is 0 Å². The van der Waals surface area contributed by atoms with Crippen molar-refractivity contribution in [1.82, 2.24) is 4.90 Å². The first kappa shape index (κ1) is 19.8. The monoisotopic (exact) mass is 433 g/mol. The van der Waals surface area contributed by atoms with Crippen molar-refractivity contribution in [3.63, 3.8) is 0 Å². The molecule has 3 aromatic carbocycles. The summed E-state index contributed by atoms with van der Waals surface area (Å²) in [5.74, 6) is 4.09. The maximum absolute atomic E-state index is 13.1. The van der Waals surface area contributed by atoms with Gasteiger partial charge in [0.15, 0.2) is 11.5 Å². The van der Waals surface area contributed by atoms with Crippen LogP contribution in [0.1, 0.15) is 27.6 Å². The van der Waals surface area contributed by atoms with Crippen LogP contribution in [-0.4, -0.2) is 36.4 Å². The molecule has 1 fully saturated rings. The van der Waals surface area contributed by atoms with Gasteiger partial charge >= 0.3 is 0 Å². The van der Waals surface area contributed by atoms with Gasteiger partial charge in [-0.2, -0.15) is 11.8 Å². The third kappa shape index (κ3) is 4.49. The minimum absolute atomic E-state index is 0.0678. The Morgan fingerprint density at radius 3 is 2.52 bits per heavy atom. The Hall–Kier alpha value is -3.12. The highest BCUT2D eigenvalue weighted by Crippen LogP contribution is 2.40. The molecule has 6 heteroatoms.